The minimum atomic E-state index is -4.47. The Labute approximate surface area is 284 Å². The van der Waals surface area contributed by atoms with E-state index in [0.717, 1.165) is 11.1 Å². The minimum Gasteiger partial charge on any atom is -0.489 e. The zero-order valence-corrected chi connectivity index (χ0v) is 27.4. The number of pyridine rings is 1. The molecule has 0 bridgehead atoms. The fourth-order valence-electron chi connectivity index (χ4n) is 4.97. The summed E-state index contributed by atoms with van der Waals surface area (Å²) >= 11 is 0. The molecule has 0 aliphatic carbocycles. The number of nitrogens with one attached hydrogen (secondary N) is 3. The highest BCUT2D eigenvalue weighted by molar-refractivity contribution is 6.10. The van der Waals surface area contributed by atoms with Gasteiger partial charge in [-0.2, -0.15) is 8.78 Å². The fourth-order valence-corrected chi connectivity index (χ4v) is 4.97. The van der Waals surface area contributed by atoms with Gasteiger partial charge < -0.3 is 20.7 Å². The molecule has 9 nitrogen and oxygen atoms in total. The first-order chi connectivity index (χ1) is 23.5. The van der Waals surface area contributed by atoms with Gasteiger partial charge in [-0.05, 0) is 52.8 Å². The zero-order chi connectivity index (χ0) is 35.2. The number of rotatable bonds is 17. The van der Waals surface area contributed by atoms with Gasteiger partial charge in [0.2, 0.25) is 17.6 Å². The summed E-state index contributed by atoms with van der Waals surface area (Å²) in [6.45, 7) is 3.46. The van der Waals surface area contributed by atoms with Crippen LogP contribution in [0.4, 0.5) is 8.78 Å². The van der Waals surface area contributed by atoms with Crippen molar-refractivity contribution in [1.82, 2.24) is 20.9 Å². The van der Waals surface area contributed by atoms with E-state index in [1.54, 1.807) is 86.9 Å². The third-order valence-corrected chi connectivity index (χ3v) is 7.76. The van der Waals surface area contributed by atoms with E-state index >= 15 is 8.78 Å². The Bertz CT molecular complexity index is 1670. The lowest BCUT2D eigenvalue weighted by molar-refractivity contribution is -0.160. The van der Waals surface area contributed by atoms with Crippen molar-refractivity contribution in [2.75, 3.05) is 0 Å². The van der Waals surface area contributed by atoms with E-state index in [-0.39, 0.29) is 19.4 Å². The van der Waals surface area contributed by atoms with Crippen molar-refractivity contribution < 1.29 is 32.7 Å². The molecule has 4 aromatic rings. The number of alkyl halides is 2. The van der Waals surface area contributed by atoms with Crippen molar-refractivity contribution >= 4 is 23.5 Å². The summed E-state index contributed by atoms with van der Waals surface area (Å²) in [5, 5.41) is 7.20. The summed E-state index contributed by atoms with van der Waals surface area (Å²) in [6, 6.07) is 25.0. The first-order valence-electron chi connectivity index (χ1n) is 16.0. The molecule has 49 heavy (non-hydrogen) atoms. The van der Waals surface area contributed by atoms with Crippen LogP contribution in [-0.4, -0.2) is 46.5 Å². The molecule has 0 radical (unpaired) electrons. The van der Waals surface area contributed by atoms with Crippen LogP contribution in [-0.2, 0) is 45.2 Å². The average Bonchev–Trinajstić information content (AvgIpc) is 3.12. The number of hydrogen-bond donors (Lipinski definition) is 3. The molecule has 0 fully saturated rings. The first kappa shape index (κ1) is 36.4. The lowest BCUT2D eigenvalue weighted by atomic mass is 9.96. The number of halogens is 2. The molecule has 0 aliphatic heterocycles. The van der Waals surface area contributed by atoms with E-state index in [1.165, 1.54) is 0 Å². The molecular weight excluding hydrogens is 630 g/mol. The van der Waals surface area contributed by atoms with E-state index in [0.29, 0.717) is 29.9 Å². The maximum Gasteiger partial charge on any atom is 0.383 e. The fraction of sp³-hybridized carbons (Fsp3) is 0.289. The van der Waals surface area contributed by atoms with Crippen molar-refractivity contribution in [3.8, 4) is 5.75 Å². The topological polar surface area (TPSA) is 126 Å². The summed E-state index contributed by atoms with van der Waals surface area (Å²) in [7, 11) is 0. The molecule has 3 N–H and O–H groups in total. The van der Waals surface area contributed by atoms with Crippen LogP contribution in [0, 0.1) is 5.92 Å². The third kappa shape index (κ3) is 11.1. The monoisotopic (exact) mass is 670 g/mol. The second-order valence-corrected chi connectivity index (χ2v) is 11.9. The highest BCUT2D eigenvalue weighted by Crippen LogP contribution is 2.22. The number of nitrogens with zero attached hydrogens (tertiary/aromatic N) is 1. The summed E-state index contributed by atoms with van der Waals surface area (Å²) < 4.78 is 36.7. The Kier molecular flexibility index (Phi) is 13.1. The molecular formula is C38H40F2N4O5. The molecule has 4 rings (SSSR count). The van der Waals surface area contributed by atoms with Crippen LogP contribution in [0.3, 0.4) is 0 Å². The quantitative estimate of drug-likeness (QED) is 0.136. The van der Waals surface area contributed by atoms with E-state index in [2.05, 4.69) is 20.9 Å². The van der Waals surface area contributed by atoms with Gasteiger partial charge in [-0.3, -0.25) is 24.2 Å². The molecule has 256 valence electrons. The number of ether oxygens (including phenoxy) is 1. The molecule has 3 aromatic carbocycles. The van der Waals surface area contributed by atoms with Gasteiger partial charge in [0, 0.05) is 31.8 Å². The Morgan fingerprint density at radius 2 is 1.41 bits per heavy atom. The number of hydrogen-bond acceptors (Lipinski definition) is 6. The van der Waals surface area contributed by atoms with E-state index in [9.17, 15) is 19.2 Å². The minimum absolute atomic E-state index is 0.0584. The highest BCUT2D eigenvalue weighted by atomic mass is 19.3. The number of aryl methyl sites for hydroxylation is 1. The molecule has 3 amide bonds. The van der Waals surface area contributed by atoms with Crippen LogP contribution in [0.25, 0.3) is 0 Å². The van der Waals surface area contributed by atoms with Crippen LogP contribution in [0.15, 0.2) is 109 Å². The standard InChI is InChI=1S/C38H40F2N4O5/c1-26(2)34(44-33(45)20-17-29-14-9-21-41-23-29)36(47)43-32(35(46)38(39,40)37(48)42-24-28-10-5-3-6-11-28)22-27-15-18-31(19-16-27)49-25-30-12-7-4-8-13-30/h3-16,18-19,21,23,26,32,34H,17,20,22,24-25H2,1-2H3,(H,42,48)(H,43,47)(H,44,45)/t32?,34-/m0/s1. The van der Waals surface area contributed by atoms with Gasteiger partial charge in [0.05, 0.1) is 6.04 Å². The number of carbonyl (C=O) groups is 4. The second kappa shape index (κ2) is 17.6. The number of amides is 3. The van der Waals surface area contributed by atoms with Gasteiger partial charge in [0.1, 0.15) is 18.4 Å². The van der Waals surface area contributed by atoms with Gasteiger partial charge >= 0.3 is 5.92 Å². The van der Waals surface area contributed by atoms with Gasteiger partial charge in [-0.15, -0.1) is 0 Å². The molecule has 0 spiro atoms. The average molecular weight is 671 g/mol. The van der Waals surface area contributed by atoms with Gasteiger partial charge in [-0.25, -0.2) is 0 Å². The second-order valence-electron chi connectivity index (χ2n) is 11.9. The molecule has 2 atom stereocenters. The highest BCUT2D eigenvalue weighted by Gasteiger charge is 2.50. The number of carbonyl (C=O) groups excluding carboxylic acids is 4. The number of benzene rings is 3. The molecule has 0 saturated carbocycles. The van der Waals surface area contributed by atoms with Gasteiger partial charge in [-0.1, -0.05) is 92.7 Å². The number of aromatic nitrogens is 1. The predicted molar refractivity (Wildman–Crippen MR) is 180 cm³/mol. The molecule has 1 unspecified atom stereocenters. The van der Waals surface area contributed by atoms with Crippen molar-refractivity contribution in [3.63, 3.8) is 0 Å². The maximum absolute atomic E-state index is 15.5. The lowest BCUT2D eigenvalue weighted by Gasteiger charge is -2.27. The molecule has 11 heteroatoms. The summed E-state index contributed by atoms with van der Waals surface area (Å²) in [4.78, 5) is 56.4. The largest absolute Gasteiger partial charge is 0.489 e. The van der Waals surface area contributed by atoms with Crippen molar-refractivity contribution in [2.45, 2.75) is 64.3 Å². The van der Waals surface area contributed by atoms with Crippen molar-refractivity contribution in [3.05, 3.63) is 132 Å². The third-order valence-electron chi connectivity index (χ3n) is 7.76. The Balaban J connectivity index is 1.48. The van der Waals surface area contributed by atoms with E-state index < -0.39 is 47.4 Å². The normalized spacial score (nSPS) is 12.4. The predicted octanol–water partition coefficient (Wildman–Crippen LogP) is 4.98. The molecule has 0 aliphatic rings. The van der Waals surface area contributed by atoms with Crippen molar-refractivity contribution in [1.29, 1.82) is 0 Å². The summed E-state index contributed by atoms with van der Waals surface area (Å²) in [5.41, 5.74) is 2.79. The Morgan fingerprint density at radius 3 is 2.02 bits per heavy atom. The van der Waals surface area contributed by atoms with E-state index in [4.69, 9.17) is 4.74 Å². The smallest absolute Gasteiger partial charge is 0.383 e. The summed E-state index contributed by atoms with van der Waals surface area (Å²) in [5.74, 6) is -9.22. The zero-order valence-electron chi connectivity index (χ0n) is 27.4. The van der Waals surface area contributed by atoms with Crippen LogP contribution < -0.4 is 20.7 Å². The lowest BCUT2D eigenvalue weighted by Crippen LogP contribution is -2.59. The van der Waals surface area contributed by atoms with Crippen LogP contribution in [0.1, 0.15) is 42.5 Å². The SMILES string of the molecule is CC(C)[C@H](NC(=O)CCc1cccnc1)C(=O)NC(Cc1ccc(OCc2ccccc2)cc1)C(=O)C(F)(F)C(=O)NCc1ccccc1. The van der Waals surface area contributed by atoms with Crippen LogP contribution in [0.2, 0.25) is 0 Å². The number of ketones is 1. The Morgan fingerprint density at radius 1 is 0.776 bits per heavy atom. The van der Waals surface area contributed by atoms with Gasteiger partial charge in [0.15, 0.2) is 0 Å². The van der Waals surface area contributed by atoms with Gasteiger partial charge in [0.25, 0.3) is 5.91 Å². The molecule has 1 heterocycles. The number of Topliss-reactive ketones (excluding diaryl/α,β-unsaturated/α-hetero) is 1. The Hall–Kier alpha value is -5.45. The van der Waals surface area contributed by atoms with Crippen LogP contribution >= 0.6 is 0 Å². The van der Waals surface area contributed by atoms with E-state index in [1.807, 2.05) is 36.4 Å². The molecule has 0 saturated heterocycles. The molecule has 1 aromatic heterocycles. The maximum atomic E-state index is 15.5. The summed E-state index contributed by atoms with van der Waals surface area (Å²) in [6.07, 6.45) is 3.34. The van der Waals surface area contributed by atoms with Crippen molar-refractivity contribution in [2.24, 2.45) is 5.92 Å². The first-order valence-corrected chi connectivity index (χ1v) is 16.0. The van der Waals surface area contributed by atoms with Crippen LogP contribution in [0.5, 0.6) is 5.75 Å².